The second-order valence-electron chi connectivity index (χ2n) is 5.06. The third-order valence-corrected chi connectivity index (χ3v) is 4.62. The molecule has 0 spiro atoms. The molecule has 0 aliphatic heterocycles. The van der Waals surface area contributed by atoms with E-state index in [0.717, 1.165) is 4.57 Å². The predicted octanol–water partition coefficient (Wildman–Crippen LogP) is 2.46. The summed E-state index contributed by atoms with van der Waals surface area (Å²) in [6, 6.07) is 4.06. The third kappa shape index (κ3) is 5.67. The van der Waals surface area contributed by atoms with Gasteiger partial charge in [-0.05, 0) is 44.4 Å². The molecule has 1 aromatic carbocycles. The molecular formula is C14H10BrF4N5O5S. The second kappa shape index (κ2) is 9.86. The van der Waals surface area contributed by atoms with Crippen molar-refractivity contribution in [2.75, 3.05) is 12.3 Å². The maximum Gasteiger partial charge on any atom is 0.490 e. The first-order valence-electron chi connectivity index (χ1n) is 7.56. The highest BCUT2D eigenvalue weighted by Crippen LogP contribution is 2.28. The number of thioether (sulfide) groups is 1. The molecule has 0 aliphatic carbocycles. The number of hydrogen-bond acceptors (Lipinski definition) is 9. The topological polar surface area (TPSA) is 150 Å². The average Bonchev–Trinajstić information content (AvgIpc) is 3.28. The van der Waals surface area contributed by atoms with Crippen molar-refractivity contribution < 1.29 is 36.6 Å². The molecule has 0 radical (unpaired) electrons. The average molecular weight is 516 g/mol. The minimum atomic E-state index is -5.08. The Bertz CT molecular complexity index is 1080. The largest absolute Gasteiger partial charge is 0.490 e. The molecule has 0 fully saturated rings. The van der Waals surface area contributed by atoms with E-state index in [2.05, 4.69) is 31.4 Å². The van der Waals surface area contributed by atoms with E-state index in [4.69, 9.17) is 24.8 Å². The molecule has 10 nitrogen and oxygen atoms in total. The molecule has 2 heterocycles. The van der Waals surface area contributed by atoms with Crippen LogP contribution >= 0.6 is 27.7 Å². The first-order valence-corrected chi connectivity index (χ1v) is 9.34. The molecule has 30 heavy (non-hydrogen) atoms. The lowest BCUT2D eigenvalue weighted by atomic mass is 10.3. The van der Waals surface area contributed by atoms with Crippen LogP contribution in [0, 0.1) is 5.82 Å². The number of halogens is 5. The van der Waals surface area contributed by atoms with Crippen LogP contribution in [0.15, 0.2) is 41.6 Å². The van der Waals surface area contributed by atoms with Gasteiger partial charge >= 0.3 is 17.9 Å². The summed E-state index contributed by atoms with van der Waals surface area (Å²) in [7, 11) is 0. The van der Waals surface area contributed by atoms with E-state index in [1.54, 1.807) is 0 Å². The zero-order valence-corrected chi connectivity index (χ0v) is 16.8. The Kier molecular flexibility index (Phi) is 7.74. The SMILES string of the molecule is NCCSc1nonc1-c1noc(=O)n1-c1ccc(F)c(Br)c1.O=C(O)C(F)(F)F. The monoisotopic (exact) mass is 515 g/mol. The molecule has 3 rings (SSSR count). The molecule has 0 amide bonds. The van der Waals surface area contributed by atoms with E-state index in [-0.39, 0.29) is 16.0 Å². The molecule has 162 valence electrons. The number of carbonyl (C=O) groups is 1. The maximum atomic E-state index is 13.4. The first-order chi connectivity index (χ1) is 14.1. The Hall–Kier alpha value is -2.72. The van der Waals surface area contributed by atoms with Crippen LogP contribution in [0.5, 0.6) is 0 Å². The van der Waals surface area contributed by atoms with Crippen molar-refractivity contribution in [3.63, 3.8) is 0 Å². The van der Waals surface area contributed by atoms with Crippen LogP contribution in [0.4, 0.5) is 17.6 Å². The zero-order chi connectivity index (χ0) is 22.5. The van der Waals surface area contributed by atoms with E-state index in [9.17, 15) is 22.4 Å². The van der Waals surface area contributed by atoms with E-state index < -0.39 is 23.7 Å². The summed E-state index contributed by atoms with van der Waals surface area (Å²) >= 11 is 4.38. The fourth-order valence-electron chi connectivity index (χ4n) is 1.82. The Balaban J connectivity index is 0.000000396. The van der Waals surface area contributed by atoms with Gasteiger partial charge in [-0.15, -0.1) is 0 Å². The number of alkyl halides is 3. The van der Waals surface area contributed by atoms with Gasteiger partial charge in [-0.25, -0.2) is 23.2 Å². The van der Waals surface area contributed by atoms with Crippen molar-refractivity contribution in [2.45, 2.75) is 11.2 Å². The molecule has 3 aromatic rings. The standard InChI is InChI=1S/C12H9BrFN5O3S.C2HF3O2/c13-7-5-6(1-2-8(7)14)19-10(17-21-12(19)20)9-11(18-22-16-9)23-4-3-15;3-2(4,5)1(6)7/h1-2,5H,3-4,15H2;(H,6,7). The maximum absolute atomic E-state index is 13.4. The minimum Gasteiger partial charge on any atom is -0.475 e. The van der Waals surface area contributed by atoms with Gasteiger partial charge in [-0.2, -0.15) is 13.2 Å². The van der Waals surface area contributed by atoms with Gasteiger partial charge in [0.05, 0.1) is 10.2 Å². The fraction of sp³-hybridized carbons (Fsp3) is 0.214. The molecule has 0 aliphatic rings. The quantitative estimate of drug-likeness (QED) is 0.383. The van der Waals surface area contributed by atoms with Crippen LogP contribution in [-0.2, 0) is 4.79 Å². The molecule has 0 saturated heterocycles. The number of carboxylic acids is 1. The molecule has 0 saturated carbocycles. The van der Waals surface area contributed by atoms with Crippen LogP contribution in [0.3, 0.4) is 0 Å². The van der Waals surface area contributed by atoms with Gasteiger partial charge in [-0.1, -0.05) is 16.9 Å². The summed E-state index contributed by atoms with van der Waals surface area (Å²) in [5.74, 6) is -3.26. The highest BCUT2D eigenvalue weighted by molar-refractivity contribution is 9.10. The van der Waals surface area contributed by atoms with E-state index in [1.165, 1.54) is 30.0 Å². The molecule has 16 heteroatoms. The number of hydrogen-bond donors (Lipinski definition) is 2. The lowest BCUT2D eigenvalue weighted by Crippen LogP contribution is -2.21. The van der Waals surface area contributed by atoms with Crippen molar-refractivity contribution in [1.82, 2.24) is 20.0 Å². The van der Waals surface area contributed by atoms with Crippen molar-refractivity contribution >= 4 is 33.7 Å². The summed E-state index contributed by atoms with van der Waals surface area (Å²) in [4.78, 5) is 20.9. The third-order valence-electron chi connectivity index (χ3n) is 3.04. The number of benzene rings is 1. The fourth-order valence-corrected chi connectivity index (χ4v) is 2.85. The van der Waals surface area contributed by atoms with Gasteiger partial charge in [0.25, 0.3) is 0 Å². The Labute approximate surface area is 176 Å². The van der Waals surface area contributed by atoms with Crippen molar-refractivity contribution in [3.05, 3.63) is 39.0 Å². The molecular weight excluding hydrogens is 506 g/mol. The van der Waals surface area contributed by atoms with Crippen molar-refractivity contribution in [2.24, 2.45) is 5.73 Å². The molecule has 0 bridgehead atoms. The van der Waals surface area contributed by atoms with Crippen molar-refractivity contribution in [1.29, 1.82) is 0 Å². The number of aromatic nitrogens is 4. The number of rotatable bonds is 5. The van der Waals surface area contributed by atoms with Gasteiger partial charge in [-0.3, -0.25) is 4.52 Å². The zero-order valence-electron chi connectivity index (χ0n) is 14.4. The predicted molar refractivity (Wildman–Crippen MR) is 96.5 cm³/mol. The minimum absolute atomic E-state index is 0.106. The Morgan fingerprint density at radius 3 is 2.53 bits per heavy atom. The number of nitrogens with zero attached hydrogens (tertiary/aromatic N) is 4. The van der Waals surface area contributed by atoms with E-state index in [1.807, 2.05) is 0 Å². The normalized spacial score (nSPS) is 11.1. The van der Waals surface area contributed by atoms with Gasteiger partial charge < -0.3 is 10.8 Å². The summed E-state index contributed by atoms with van der Waals surface area (Å²) in [5.41, 5.74) is 6.06. The van der Waals surface area contributed by atoms with E-state index in [0.29, 0.717) is 23.0 Å². The summed E-state index contributed by atoms with van der Waals surface area (Å²) in [6.45, 7) is 0.438. The lowest BCUT2D eigenvalue weighted by molar-refractivity contribution is -0.192. The summed E-state index contributed by atoms with van der Waals surface area (Å²) in [5, 5.41) is 18.8. The number of nitrogens with two attached hydrogens (primary N) is 1. The van der Waals surface area contributed by atoms with Gasteiger partial charge in [0.1, 0.15) is 5.82 Å². The lowest BCUT2D eigenvalue weighted by Gasteiger charge is -2.04. The smallest absolute Gasteiger partial charge is 0.475 e. The van der Waals surface area contributed by atoms with Crippen LogP contribution in [0.1, 0.15) is 0 Å². The highest BCUT2D eigenvalue weighted by atomic mass is 79.9. The molecule has 2 aromatic heterocycles. The van der Waals surface area contributed by atoms with Gasteiger partial charge in [0.2, 0.25) is 5.82 Å². The highest BCUT2D eigenvalue weighted by Gasteiger charge is 2.38. The number of aliphatic carboxylic acids is 1. The van der Waals surface area contributed by atoms with Crippen molar-refractivity contribution in [3.8, 4) is 17.2 Å². The Morgan fingerprint density at radius 2 is 1.97 bits per heavy atom. The van der Waals surface area contributed by atoms with Crippen LogP contribution in [0.2, 0.25) is 0 Å². The molecule has 3 N–H and O–H groups in total. The summed E-state index contributed by atoms with van der Waals surface area (Å²) < 4.78 is 55.9. The molecule has 0 unspecified atom stereocenters. The van der Waals surface area contributed by atoms with Gasteiger partial charge in [0.15, 0.2) is 10.7 Å². The van der Waals surface area contributed by atoms with Crippen LogP contribution in [-0.4, -0.2) is 49.6 Å². The van der Waals surface area contributed by atoms with E-state index >= 15 is 0 Å². The summed E-state index contributed by atoms with van der Waals surface area (Å²) in [6.07, 6.45) is -5.08. The van der Waals surface area contributed by atoms with Crippen LogP contribution < -0.4 is 11.5 Å². The molecule has 0 atom stereocenters. The second-order valence-corrected chi connectivity index (χ2v) is 7.00. The first kappa shape index (κ1) is 23.6. The van der Waals surface area contributed by atoms with Gasteiger partial charge in [0, 0.05) is 12.3 Å². The Morgan fingerprint density at radius 1 is 1.30 bits per heavy atom. The number of carboxylic acid groups (broad SMARTS) is 1. The van der Waals surface area contributed by atoms with Crippen LogP contribution in [0.25, 0.3) is 17.2 Å².